The molecule has 12 N–H and O–H groups in total. The normalized spacial score (nSPS) is 14.8. The molecular weight excluding hydrogens is 1010 g/mol. The summed E-state index contributed by atoms with van der Waals surface area (Å²) in [6.07, 6.45) is 1.96. The van der Waals surface area contributed by atoms with E-state index in [1.807, 2.05) is 46.6 Å². The van der Waals surface area contributed by atoms with Crippen molar-refractivity contribution in [2.45, 2.75) is 101 Å². The van der Waals surface area contributed by atoms with Crippen LogP contribution in [0, 0.1) is 0 Å². The number of hydrogen-bond acceptors (Lipinski definition) is 14. The molecular formula is C51H74N10O16. The first-order valence-electron chi connectivity index (χ1n) is 25.6. The van der Waals surface area contributed by atoms with Crippen LogP contribution < -0.4 is 37.2 Å². The highest BCUT2D eigenvalue weighted by molar-refractivity contribution is 5.92. The van der Waals surface area contributed by atoms with Gasteiger partial charge in [-0.3, -0.25) is 53.1 Å². The molecule has 77 heavy (non-hydrogen) atoms. The van der Waals surface area contributed by atoms with Gasteiger partial charge in [-0.2, -0.15) is 0 Å². The molecule has 7 amide bonds. The van der Waals surface area contributed by atoms with Crippen molar-refractivity contribution in [3.63, 3.8) is 0 Å². The van der Waals surface area contributed by atoms with Crippen LogP contribution >= 0.6 is 0 Å². The van der Waals surface area contributed by atoms with Gasteiger partial charge in [0.05, 0.1) is 19.6 Å². The van der Waals surface area contributed by atoms with E-state index in [-0.39, 0.29) is 83.2 Å². The Morgan fingerprint density at radius 3 is 1.34 bits per heavy atom. The number of nitrogens with one attached hydrogen (secondary N) is 7. The largest absolute Gasteiger partial charge is 0.481 e. The molecule has 0 radical (unpaired) electrons. The maximum atomic E-state index is 14.0. The third-order valence-electron chi connectivity index (χ3n) is 12.3. The quantitative estimate of drug-likeness (QED) is 0.0371. The Kier molecular flexibility index (Phi) is 29.3. The van der Waals surface area contributed by atoms with Gasteiger partial charge in [0.15, 0.2) is 0 Å². The van der Waals surface area contributed by atoms with Crippen molar-refractivity contribution in [1.82, 2.24) is 51.9 Å². The number of carboxylic acids is 5. The van der Waals surface area contributed by atoms with Crippen molar-refractivity contribution in [3.05, 3.63) is 71.8 Å². The first-order valence-corrected chi connectivity index (χ1v) is 25.6. The van der Waals surface area contributed by atoms with Gasteiger partial charge in [0.25, 0.3) is 0 Å². The highest BCUT2D eigenvalue weighted by atomic mass is 16.4. The molecule has 0 saturated carbocycles. The molecule has 4 atom stereocenters. The molecule has 0 spiro atoms. The summed E-state index contributed by atoms with van der Waals surface area (Å²) in [6, 6.07) is 11.7. The molecule has 2 aromatic rings. The second-order valence-corrected chi connectivity index (χ2v) is 18.6. The van der Waals surface area contributed by atoms with Crippen molar-refractivity contribution in [2.24, 2.45) is 0 Å². The molecule has 1 saturated heterocycles. The van der Waals surface area contributed by atoms with E-state index in [1.54, 1.807) is 34.1 Å². The minimum atomic E-state index is -1.57. The van der Waals surface area contributed by atoms with Gasteiger partial charge in [0.2, 0.25) is 29.5 Å². The lowest BCUT2D eigenvalue weighted by atomic mass is 10.0. The Balaban J connectivity index is 1.47. The number of carbonyl (C=O) groups excluding carboxylic acids is 6. The van der Waals surface area contributed by atoms with Crippen molar-refractivity contribution >= 4 is 65.4 Å². The van der Waals surface area contributed by atoms with E-state index in [0.717, 1.165) is 11.1 Å². The van der Waals surface area contributed by atoms with Gasteiger partial charge in [-0.05, 0) is 36.8 Å². The van der Waals surface area contributed by atoms with Crippen LogP contribution in [0.15, 0.2) is 60.7 Å². The second kappa shape index (κ2) is 35.5. The van der Waals surface area contributed by atoms with E-state index in [0.29, 0.717) is 71.4 Å². The van der Waals surface area contributed by atoms with Gasteiger partial charge >= 0.3 is 35.9 Å². The number of carbonyl (C=O) groups is 11. The zero-order chi connectivity index (χ0) is 56.5. The van der Waals surface area contributed by atoms with Crippen LogP contribution in [0.5, 0.6) is 0 Å². The molecule has 3 rings (SSSR count). The number of carboxylic acid groups (broad SMARTS) is 5. The summed E-state index contributed by atoms with van der Waals surface area (Å²) < 4.78 is 0. The minimum Gasteiger partial charge on any atom is -0.481 e. The van der Waals surface area contributed by atoms with Crippen molar-refractivity contribution in [2.75, 3.05) is 78.5 Å². The van der Waals surface area contributed by atoms with Crippen LogP contribution in [0.25, 0.3) is 0 Å². The maximum absolute atomic E-state index is 14.0. The summed E-state index contributed by atoms with van der Waals surface area (Å²) in [5, 5.41) is 64.2. The number of rotatable bonds is 35. The highest BCUT2D eigenvalue weighted by Crippen LogP contribution is 2.10. The zero-order valence-electron chi connectivity index (χ0n) is 43.1. The van der Waals surface area contributed by atoms with Gasteiger partial charge in [-0.25, -0.2) is 14.4 Å². The van der Waals surface area contributed by atoms with E-state index in [1.165, 1.54) is 0 Å². The van der Waals surface area contributed by atoms with Gasteiger partial charge in [0, 0.05) is 91.0 Å². The van der Waals surface area contributed by atoms with Gasteiger partial charge in [-0.1, -0.05) is 79.9 Å². The van der Waals surface area contributed by atoms with E-state index >= 15 is 0 Å². The van der Waals surface area contributed by atoms with E-state index in [9.17, 15) is 73.2 Å². The first kappa shape index (κ1) is 63.6. The third-order valence-corrected chi connectivity index (χ3v) is 12.3. The standard InChI is InChI=1S/C51H74N10O16/c62-41(19-17-37(49(73)74)57-51(77)58-38(50(75)76)18-20-44(65)66)52-21-11-3-1-2-10-16-42(63)55-40(31-36-14-8-5-9-15-36)48(72)56-39(30-35-12-6-4-7-13-35)47(71)54-23-22-53-43(64)32-59-24-26-60(33-45(67)68)28-29-61(27-25-59)34-46(69)70/h4-9,12-15,37-40H,1-3,10-11,16-34H2,(H,52,62)(H,53,64)(H,54,71)(H,55,63)(H,56,72)(H,65,66)(H,67,68)(H,69,70)(H,73,74)(H,75,76)(H2,57,58,77)/t37?,38?,39-,40-/m0/s1. The van der Waals surface area contributed by atoms with Gasteiger partial charge in [0.1, 0.15) is 24.2 Å². The Bertz CT molecular complexity index is 2230. The molecule has 26 heteroatoms. The molecule has 0 aliphatic carbocycles. The van der Waals surface area contributed by atoms with E-state index in [4.69, 9.17) is 5.11 Å². The molecule has 1 fully saturated rings. The summed E-state index contributed by atoms with van der Waals surface area (Å²) in [6.45, 7) is 2.02. The predicted molar refractivity (Wildman–Crippen MR) is 276 cm³/mol. The fraction of sp³-hybridized carbons (Fsp3) is 0.549. The summed E-state index contributed by atoms with van der Waals surface area (Å²) in [5.41, 5.74) is 1.53. The van der Waals surface area contributed by atoms with Gasteiger partial charge in [-0.15, -0.1) is 0 Å². The lowest BCUT2D eigenvalue weighted by molar-refractivity contribution is -0.141. The third kappa shape index (κ3) is 28.1. The predicted octanol–water partition coefficient (Wildman–Crippen LogP) is -0.930. The summed E-state index contributed by atoms with van der Waals surface area (Å²) in [4.78, 5) is 141. The second-order valence-electron chi connectivity index (χ2n) is 18.6. The molecule has 1 aliphatic rings. The smallest absolute Gasteiger partial charge is 0.326 e. The SMILES string of the molecule is O=C(O)CCC(NC(=O)NC(CCC(=O)NCCCCCCCC(=O)N[C@@H](Cc1ccccc1)C(=O)N[C@@H](Cc1ccccc1)C(=O)NCCNC(=O)CN1CCN(CC(=O)O)CCN(CC(=O)O)CC1)C(=O)O)C(=O)O. The van der Waals surface area contributed by atoms with E-state index in [2.05, 4.69) is 31.9 Å². The summed E-state index contributed by atoms with van der Waals surface area (Å²) in [5.74, 6) is -8.58. The topological polar surface area (TPSA) is 383 Å². The molecule has 2 unspecified atom stereocenters. The van der Waals surface area contributed by atoms with Crippen molar-refractivity contribution in [1.29, 1.82) is 0 Å². The molecule has 1 aliphatic heterocycles. The van der Waals surface area contributed by atoms with Crippen LogP contribution in [0.4, 0.5) is 4.79 Å². The Labute approximate surface area is 446 Å². The molecule has 0 bridgehead atoms. The van der Waals surface area contributed by atoms with Crippen molar-refractivity contribution < 1.29 is 78.3 Å². The molecule has 0 aromatic heterocycles. The number of amides is 7. The summed E-state index contributed by atoms with van der Waals surface area (Å²) in [7, 11) is 0. The Morgan fingerprint density at radius 2 is 0.844 bits per heavy atom. The number of unbranched alkanes of at least 4 members (excludes halogenated alkanes) is 4. The number of hydrogen-bond donors (Lipinski definition) is 12. The molecule has 424 valence electrons. The number of aliphatic carboxylic acids is 5. The Morgan fingerprint density at radius 1 is 0.403 bits per heavy atom. The maximum Gasteiger partial charge on any atom is 0.326 e. The molecule has 1 heterocycles. The van der Waals surface area contributed by atoms with Crippen LogP contribution in [0.2, 0.25) is 0 Å². The van der Waals surface area contributed by atoms with Crippen LogP contribution in [-0.2, 0) is 60.8 Å². The van der Waals surface area contributed by atoms with Crippen LogP contribution in [0.1, 0.15) is 75.3 Å². The fourth-order valence-electron chi connectivity index (χ4n) is 8.14. The first-order chi connectivity index (χ1) is 36.8. The number of urea groups is 1. The van der Waals surface area contributed by atoms with Crippen molar-refractivity contribution in [3.8, 4) is 0 Å². The molecule has 26 nitrogen and oxygen atoms in total. The fourth-order valence-corrected chi connectivity index (χ4v) is 8.14. The average Bonchev–Trinajstić information content (AvgIpc) is 3.46. The average molecular weight is 1080 g/mol. The summed E-state index contributed by atoms with van der Waals surface area (Å²) >= 11 is 0. The number of nitrogens with zero attached hydrogens (tertiary/aromatic N) is 3. The van der Waals surface area contributed by atoms with Crippen LogP contribution in [-0.4, -0.2) is 208 Å². The van der Waals surface area contributed by atoms with Crippen LogP contribution in [0.3, 0.4) is 0 Å². The Hall–Kier alpha value is -7.71. The van der Waals surface area contributed by atoms with Gasteiger partial charge < -0.3 is 62.8 Å². The monoisotopic (exact) mass is 1080 g/mol. The lowest BCUT2D eigenvalue weighted by Gasteiger charge is -2.25. The zero-order valence-corrected chi connectivity index (χ0v) is 43.1. The highest BCUT2D eigenvalue weighted by Gasteiger charge is 2.29. The molecule has 2 aromatic carbocycles. The minimum absolute atomic E-state index is 0.0144. The van der Waals surface area contributed by atoms with E-state index < -0.39 is 90.6 Å². The lowest BCUT2D eigenvalue weighted by Crippen LogP contribution is -2.55. The number of benzene rings is 2.